The Hall–Kier alpha value is -0.730. The number of hydrogen-bond donors (Lipinski definition) is 1. The number of benzene rings is 1. The lowest BCUT2D eigenvalue weighted by atomic mass is 10.0. The van der Waals surface area contributed by atoms with Crippen molar-refractivity contribution in [3.63, 3.8) is 0 Å². The highest BCUT2D eigenvalue weighted by atomic mass is 35.5. The summed E-state index contributed by atoms with van der Waals surface area (Å²) in [6, 6.07) is 6.87. The Kier molecular flexibility index (Phi) is 6.84. The van der Waals surface area contributed by atoms with Gasteiger partial charge in [0.15, 0.2) is 0 Å². The van der Waals surface area contributed by atoms with Crippen molar-refractivity contribution in [3.8, 4) is 0 Å². The minimum atomic E-state index is 0.496. The van der Waals surface area contributed by atoms with Crippen LogP contribution in [0.1, 0.15) is 40.2 Å². The summed E-state index contributed by atoms with van der Waals surface area (Å²) in [6.45, 7) is 13.0. The molecule has 0 fully saturated rings. The summed E-state index contributed by atoms with van der Waals surface area (Å²) in [7, 11) is 2.13. The Morgan fingerprint density at radius 3 is 2.30 bits per heavy atom. The Labute approximate surface area is 129 Å². The van der Waals surface area contributed by atoms with Gasteiger partial charge >= 0.3 is 0 Å². The van der Waals surface area contributed by atoms with E-state index < -0.39 is 0 Å². The maximum Gasteiger partial charge on any atom is 0.0471 e. The van der Waals surface area contributed by atoms with Crippen LogP contribution in [0.2, 0.25) is 5.02 Å². The van der Waals surface area contributed by atoms with Gasteiger partial charge in [0.1, 0.15) is 0 Å². The van der Waals surface area contributed by atoms with Gasteiger partial charge in [-0.2, -0.15) is 0 Å². The van der Waals surface area contributed by atoms with E-state index in [-0.39, 0.29) is 0 Å². The Balaban J connectivity index is 2.72. The van der Waals surface area contributed by atoms with Crippen LogP contribution in [0.4, 0.5) is 5.69 Å². The van der Waals surface area contributed by atoms with Crippen LogP contribution < -0.4 is 10.2 Å². The first-order valence-corrected chi connectivity index (χ1v) is 7.92. The average molecular weight is 297 g/mol. The second-order valence-electron chi connectivity index (χ2n) is 6.40. The maximum absolute atomic E-state index is 6.41. The Bertz CT molecular complexity index is 415. The quantitative estimate of drug-likeness (QED) is 0.793. The molecule has 1 N–H and O–H groups in total. The lowest BCUT2D eigenvalue weighted by Crippen LogP contribution is -2.33. The Morgan fingerprint density at radius 2 is 1.80 bits per heavy atom. The van der Waals surface area contributed by atoms with Crippen molar-refractivity contribution < 1.29 is 0 Å². The highest BCUT2D eigenvalue weighted by Crippen LogP contribution is 2.25. The van der Waals surface area contributed by atoms with E-state index in [4.69, 9.17) is 11.6 Å². The molecule has 0 radical (unpaired) electrons. The molecule has 1 aromatic rings. The van der Waals surface area contributed by atoms with Crippen LogP contribution in [0.3, 0.4) is 0 Å². The summed E-state index contributed by atoms with van der Waals surface area (Å²) in [5.74, 6) is 1.28. The summed E-state index contributed by atoms with van der Waals surface area (Å²) < 4.78 is 0. The molecule has 0 aromatic heterocycles. The van der Waals surface area contributed by atoms with Gasteiger partial charge in [-0.25, -0.2) is 0 Å². The van der Waals surface area contributed by atoms with Crippen molar-refractivity contribution in [1.82, 2.24) is 5.32 Å². The van der Waals surface area contributed by atoms with Crippen molar-refractivity contribution in [2.24, 2.45) is 11.8 Å². The van der Waals surface area contributed by atoms with Gasteiger partial charge in [0.2, 0.25) is 0 Å². The monoisotopic (exact) mass is 296 g/mol. The molecule has 114 valence electrons. The van der Waals surface area contributed by atoms with Gasteiger partial charge in [-0.05, 0) is 43.0 Å². The van der Waals surface area contributed by atoms with Gasteiger partial charge in [-0.15, -0.1) is 0 Å². The SMILES string of the molecule is CC(C)CNCc1ccc(N(C)C(C)C(C)C)cc1Cl. The molecule has 0 aliphatic rings. The van der Waals surface area contributed by atoms with E-state index in [0.29, 0.717) is 17.9 Å². The van der Waals surface area contributed by atoms with Crippen LogP contribution in [0.25, 0.3) is 0 Å². The molecule has 0 aliphatic heterocycles. The molecule has 1 aromatic carbocycles. The third-order valence-corrected chi connectivity index (χ3v) is 4.24. The number of halogens is 1. The van der Waals surface area contributed by atoms with E-state index in [1.54, 1.807) is 0 Å². The topological polar surface area (TPSA) is 15.3 Å². The second kappa shape index (κ2) is 7.90. The van der Waals surface area contributed by atoms with Crippen molar-refractivity contribution in [2.45, 2.75) is 47.2 Å². The molecular weight excluding hydrogens is 268 g/mol. The fourth-order valence-corrected chi connectivity index (χ4v) is 2.32. The summed E-state index contributed by atoms with van der Waals surface area (Å²) in [5.41, 5.74) is 2.35. The fourth-order valence-electron chi connectivity index (χ4n) is 2.08. The first-order valence-electron chi connectivity index (χ1n) is 7.55. The lowest BCUT2D eigenvalue weighted by Gasteiger charge is -2.30. The minimum absolute atomic E-state index is 0.496. The van der Waals surface area contributed by atoms with Crippen LogP contribution in [-0.4, -0.2) is 19.6 Å². The Morgan fingerprint density at radius 1 is 1.15 bits per heavy atom. The van der Waals surface area contributed by atoms with Gasteiger partial charge in [-0.3, -0.25) is 0 Å². The maximum atomic E-state index is 6.41. The zero-order chi connectivity index (χ0) is 15.3. The number of nitrogens with zero attached hydrogens (tertiary/aromatic N) is 1. The van der Waals surface area contributed by atoms with E-state index in [1.165, 1.54) is 11.3 Å². The molecule has 0 bridgehead atoms. The first-order chi connectivity index (χ1) is 9.32. The van der Waals surface area contributed by atoms with E-state index in [2.05, 4.69) is 70.1 Å². The number of hydrogen-bond acceptors (Lipinski definition) is 2. The second-order valence-corrected chi connectivity index (χ2v) is 6.80. The molecule has 0 amide bonds. The largest absolute Gasteiger partial charge is 0.372 e. The molecule has 1 unspecified atom stereocenters. The van der Waals surface area contributed by atoms with Gasteiger partial charge in [0, 0.05) is 30.3 Å². The third-order valence-electron chi connectivity index (χ3n) is 3.89. The highest BCUT2D eigenvalue weighted by Gasteiger charge is 2.14. The fraction of sp³-hybridized carbons (Fsp3) is 0.647. The summed E-state index contributed by atoms with van der Waals surface area (Å²) in [5, 5.41) is 4.28. The predicted molar refractivity (Wildman–Crippen MR) is 90.7 cm³/mol. The van der Waals surface area contributed by atoms with Crippen molar-refractivity contribution >= 4 is 17.3 Å². The predicted octanol–water partition coefficient (Wildman–Crippen LogP) is 4.57. The normalized spacial score (nSPS) is 13.1. The molecule has 0 heterocycles. The van der Waals surface area contributed by atoms with E-state index in [1.807, 2.05) is 0 Å². The average Bonchev–Trinajstić information content (AvgIpc) is 2.38. The lowest BCUT2D eigenvalue weighted by molar-refractivity contribution is 0.505. The van der Waals surface area contributed by atoms with Crippen molar-refractivity contribution in [3.05, 3.63) is 28.8 Å². The molecular formula is C17H29ClN2. The van der Waals surface area contributed by atoms with Crippen LogP contribution in [-0.2, 0) is 6.54 Å². The minimum Gasteiger partial charge on any atom is -0.372 e. The van der Waals surface area contributed by atoms with Crippen LogP contribution in [0.5, 0.6) is 0 Å². The molecule has 0 saturated carbocycles. The van der Waals surface area contributed by atoms with Gasteiger partial charge in [0.25, 0.3) is 0 Å². The van der Waals surface area contributed by atoms with Gasteiger partial charge < -0.3 is 10.2 Å². The van der Waals surface area contributed by atoms with Crippen molar-refractivity contribution in [1.29, 1.82) is 0 Å². The smallest absolute Gasteiger partial charge is 0.0471 e. The van der Waals surface area contributed by atoms with E-state index >= 15 is 0 Å². The molecule has 0 aliphatic carbocycles. The molecule has 0 spiro atoms. The summed E-state index contributed by atoms with van der Waals surface area (Å²) in [4.78, 5) is 2.29. The van der Waals surface area contributed by atoms with Crippen molar-refractivity contribution in [2.75, 3.05) is 18.5 Å². The third kappa shape index (κ3) is 4.99. The molecule has 2 nitrogen and oxygen atoms in total. The standard InChI is InChI=1S/C17H29ClN2/c1-12(2)10-19-11-15-7-8-16(9-17(15)18)20(6)14(5)13(3)4/h7-9,12-14,19H,10-11H2,1-6H3. The molecule has 1 rings (SSSR count). The molecule has 1 atom stereocenters. The zero-order valence-corrected chi connectivity index (χ0v) is 14.5. The number of rotatable bonds is 7. The molecule has 20 heavy (non-hydrogen) atoms. The van der Waals surface area contributed by atoms with Crippen LogP contribution in [0, 0.1) is 11.8 Å². The van der Waals surface area contributed by atoms with Crippen LogP contribution >= 0.6 is 11.6 Å². The summed E-state index contributed by atoms with van der Waals surface area (Å²) in [6.07, 6.45) is 0. The van der Waals surface area contributed by atoms with Gasteiger partial charge in [-0.1, -0.05) is 45.4 Å². The van der Waals surface area contributed by atoms with Gasteiger partial charge in [0.05, 0.1) is 0 Å². The number of anilines is 1. The van der Waals surface area contributed by atoms with Crippen LogP contribution in [0.15, 0.2) is 18.2 Å². The summed E-state index contributed by atoms with van der Waals surface area (Å²) >= 11 is 6.41. The van der Waals surface area contributed by atoms with E-state index in [9.17, 15) is 0 Å². The zero-order valence-electron chi connectivity index (χ0n) is 13.7. The molecule has 0 saturated heterocycles. The highest BCUT2D eigenvalue weighted by molar-refractivity contribution is 6.31. The number of nitrogens with one attached hydrogen (secondary N) is 1. The first kappa shape index (κ1) is 17.3. The van der Waals surface area contributed by atoms with E-state index in [0.717, 1.165) is 18.1 Å². The molecule has 3 heteroatoms.